The Labute approximate surface area is 151 Å². The molecule has 130 valence electrons. The predicted molar refractivity (Wildman–Crippen MR) is 98.1 cm³/mol. The molecule has 0 aliphatic heterocycles. The fourth-order valence-corrected chi connectivity index (χ4v) is 3.18. The minimum atomic E-state index is -0.475. The van der Waals surface area contributed by atoms with Crippen molar-refractivity contribution in [2.24, 2.45) is 5.92 Å². The van der Waals surface area contributed by atoms with Crippen LogP contribution in [0.25, 0.3) is 11.4 Å². The number of carbonyl (C=O) groups is 1. The van der Waals surface area contributed by atoms with Gasteiger partial charge in [-0.3, -0.25) is 4.79 Å². The third kappa shape index (κ3) is 3.33. The number of anilines is 1. The summed E-state index contributed by atoms with van der Waals surface area (Å²) in [6.07, 6.45) is 3.15. The molecule has 4 nitrogen and oxygen atoms in total. The second kappa shape index (κ2) is 6.67. The molecule has 1 aliphatic carbocycles. The highest BCUT2D eigenvalue weighted by Crippen LogP contribution is 2.47. The lowest BCUT2D eigenvalue weighted by molar-refractivity contribution is -0.117. The van der Waals surface area contributed by atoms with Crippen molar-refractivity contribution >= 4 is 11.6 Å². The van der Waals surface area contributed by atoms with Crippen LogP contribution in [0.5, 0.6) is 0 Å². The van der Waals surface area contributed by atoms with Gasteiger partial charge in [-0.15, -0.1) is 0 Å². The Hall–Kier alpha value is -3.08. The molecule has 26 heavy (non-hydrogen) atoms. The second-order valence-corrected chi connectivity index (χ2v) is 6.60. The van der Waals surface area contributed by atoms with Crippen molar-refractivity contribution in [2.45, 2.75) is 19.3 Å². The van der Waals surface area contributed by atoms with Crippen molar-refractivity contribution in [1.82, 2.24) is 9.97 Å². The molecular weight excluding hydrogens is 329 g/mol. The van der Waals surface area contributed by atoms with E-state index in [0.717, 1.165) is 29.9 Å². The molecular formula is C21H18FN3O. The summed E-state index contributed by atoms with van der Waals surface area (Å²) >= 11 is 0. The lowest BCUT2D eigenvalue weighted by Gasteiger charge is -2.09. The molecule has 1 aliphatic rings. The van der Waals surface area contributed by atoms with Crippen molar-refractivity contribution in [3.63, 3.8) is 0 Å². The molecule has 2 aromatic carbocycles. The molecule has 4 rings (SSSR count). The molecule has 1 heterocycles. The Bertz CT molecular complexity index is 941. The summed E-state index contributed by atoms with van der Waals surface area (Å²) in [6, 6.07) is 15.7. The molecule has 5 heteroatoms. The third-order valence-corrected chi connectivity index (χ3v) is 4.72. The minimum Gasteiger partial charge on any atom is -0.326 e. The number of hydrogen-bond acceptors (Lipinski definition) is 3. The van der Waals surface area contributed by atoms with Crippen LogP contribution in [0.3, 0.4) is 0 Å². The van der Waals surface area contributed by atoms with E-state index in [2.05, 4.69) is 27.4 Å². The second-order valence-electron chi connectivity index (χ2n) is 6.60. The first-order chi connectivity index (χ1) is 12.6. The normalized spacial score (nSPS) is 18.4. The number of amides is 1. The number of nitrogens with zero attached hydrogens (tertiary/aromatic N) is 2. The molecule has 0 spiro atoms. The number of aryl methyl sites for hydroxylation is 1. The number of nitrogens with one attached hydrogen (secondary N) is 1. The summed E-state index contributed by atoms with van der Waals surface area (Å²) in [7, 11) is 0. The SMILES string of the molecule is Cc1ccc(NC(=O)C2CC2c2ccccc2)cc1-c1ncc(F)cn1. The molecule has 1 aromatic heterocycles. The van der Waals surface area contributed by atoms with Gasteiger partial charge in [-0.1, -0.05) is 36.4 Å². The molecule has 1 saturated carbocycles. The largest absolute Gasteiger partial charge is 0.326 e. The fraction of sp³-hybridized carbons (Fsp3) is 0.190. The van der Waals surface area contributed by atoms with E-state index in [9.17, 15) is 9.18 Å². The topological polar surface area (TPSA) is 54.9 Å². The van der Waals surface area contributed by atoms with Crippen LogP contribution in [0, 0.1) is 18.7 Å². The zero-order valence-electron chi connectivity index (χ0n) is 14.3. The molecule has 1 N–H and O–H groups in total. The van der Waals surface area contributed by atoms with E-state index in [1.807, 2.05) is 43.3 Å². The van der Waals surface area contributed by atoms with Gasteiger partial charge in [-0.25, -0.2) is 14.4 Å². The van der Waals surface area contributed by atoms with E-state index in [-0.39, 0.29) is 11.8 Å². The Morgan fingerprint density at radius 3 is 2.58 bits per heavy atom. The monoisotopic (exact) mass is 347 g/mol. The van der Waals surface area contributed by atoms with Gasteiger partial charge < -0.3 is 5.32 Å². The smallest absolute Gasteiger partial charge is 0.228 e. The number of rotatable bonds is 4. The summed E-state index contributed by atoms with van der Waals surface area (Å²) in [6.45, 7) is 1.93. The van der Waals surface area contributed by atoms with Crippen molar-refractivity contribution in [2.75, 3.05) is 5.32 Å². The molecule has 2 unspecified atom stereocenters. The summed E-state index contributed by atoms with van der Waals surface area (Å²) in [4.78, 5) is 20.6. The average molecular weight is 347 g/mol. The summed E-state index contributed by atoms with van der Waals surface area (Å²) < 4.78 is 13.0. The Kier molecular flexibility index (Phi) is 4.21. The van der Waals surface area contributed by atoms with Gasteiger partial charge >= 0.3 is 0 Å². The molecule has 0 radical (unpaired) electrons. The first kappa shape index (κ1) is 16.4. The highest BCUT2D eigenvalue weighted by molar-refractivity contribution is 5.95. The number of aromatic nitrogens is 2. The molecule has 1 amide bonds. The first-order valence-electron chi connectivity index (χ1n) is 8.56. The number of halogens is 1. The molecule has 0 saturated heterocycles. The number of hydrogen-bond donors (Lipinski definition) is 1. The van der Waals surface area contributed by atoms with E-state index in [4.69, 9.17) is 0 Å². The van der Waals surface area contributed by atoms with Crippen LogP contribution >= 0.6 is 0 Å². The lowest BCUT2D eigenvalue weighted by Crippen LogP contribution is -2.14. The lowest BCUT2D eigenvalue weighted by atomic mass is 10.1. The zero-order chi connectivity index (χ0) is 18.1. The Morgan fingerprint density at radius 1 is 1.12 bits per heavy atom. The van der Waals surface area contributed by atoms with Crippen LogP contribution in [-0.4, -0.2) is 15.9 Å². The average Bonchev–Trinajstić information content (AvgIpc) is 3.46. The number of carbonyl (C=O) groups excluding carboxylic acids is 1. The third-order valence-electron chi connectivity index (χ3n) is 4.72. The molecule has 3 aromatic rings. The maximum Gasteiger partial charge on any atom is 0.228 e. The van der Waals surface area contributed by atoms with Gasteiger partial charge in [0.1, 0.15) is 0 Å². The van der Waals surface area contributed by atoms with Crippen LogP contribution in [0.4, 0.5) is 10.1 Å². The molecule has 1 fully saturated rings. The van der Waals surface area contributed by atoms with Crippen LogP contribution in [0.1, 0.15) is 23.5 Å². The van der Waals surface area contributed by atoms with E-state index in [1.54, 1.807) is 0 Å². The Balaban J connectivity index is 1.50. The molecule has 0 bridgehead atoms. The fourth-order valence-electron chi connectivity index (χ4n) is 3.18. The van der Waals surface area contributed by atoms with Crippen molar-refractivity contribution in [1.29, 1.82) is 0 Å². The van der Waals surface area contributed by atoms with E-state index >= 15 is 0 Å². The summed E-state index contributed by atoms with van der Waals surface area (Å²) in [5.74, 6) is 0.282. The zero-order valence-corrected chi connectivity index (χ0v) is 14.3. The van der Waals surface area contributed by atoms with Gasteiger partial charge in [0.15, 0.2) is 11.6 Å². The van der Waals surface area contributed by atoms with Crippen LogP contribution in [-0.2, 0) is 4.79 Å². The van der Waals surface area contributed by atoms with Gasteiger partial charge in [0, 0.05) is 17.2 Å². The van der Waals surface area contributed by atoms with E-state index in [0.29, 0.717) is 17.4 Å². The summed E-state index contributed by atoms with van der Waals surface area (Å²) in [5, 5.41) is 2.98. The van der Waals surface area contributed by atoms with Crippen LogP contribution < -0.4 is 5.32 Å². The maximum absolute atomic E-state index is 13.0. The van der Waals surface area contributed by atoms with Crippen LogP contribution in [0.15, 0.2) is 60.9 Å². The van der Waals surface area contributed by atoms with Crippen molar-refractivity contribution in [3.05, 3.63) is 77.9 Å². The van der Waals surface area contributed by atoms with Crippen LogP contribution in [0.2, 0.25) is 0 Å². The van der Waals surface area contributed by atoms with Gasteiger partial charge in [0.25, 0.3) is 0 Å². The number of benzene rings is 2. The minimum absolute atomic E-state index is 0.00391. The van der Waals surface area contributed by atoms with E-state index in [1.165, 1.54) is 5.56 Å². The molecule has 2 atom stereocenters. The van der Waals surface area contributed by atoms with Gasteiger partial charge in [0.05, 0.1) is 12.4 Å². The standard InChI is InChI=1S/C21H18FN3O/c1-13-7-8-16(9-17(13)20-23-11-15(22)12-24-20)25-21(26)19-10-18(19)14-5-3-2-4-6-14/h2-9,11-12,18-19H,10H2,1H3,(H,25,26). The van der Waals surface area contributed by atoms with Gasteiger partial charge in [-0.05, 0) is 42.5 Å². The van der Waals surface area contributed by atoms with Crippen molar-refractivity contribution < 1.29 is 9.18 Å². The highest BCUT2D eigenvalue weighted by Gasteiger charge is 2.43. The highest BCUT2D eigenvalue weighted by atomic mass is 19.1. The Morgan fingerprint density at radius 2 is 1.85 bits per heavy atom. The first-order valence-corrected chi connectivity index (χ1v) is 8.56. The summed E-state index contributed by atoms with van der Waals surface area (Å²) in [5.41, 5.74) is 3.64. The quantitative estimate of drug-likeness (QED) is 0.764. The van der Waals surface area contributed by atoms with Crippen molar-refractivity contribution in [3.8, 4) is 11.4 Å². The van der Waals surface area contributed by atoms with E-state index < -0.39 is 5.82 Å². The maximum atomic E-state index is 13.0. The van der Waals surface area contributed by atoms with Gasteiger partial charge in [0.2, 0.25) is 5.91 Å². The predicted octanol–water partition coefficient (Wildman–Crippen LogP) is 4.33. The van der Waals surface area contributed by atoms with Gasteiger partial charge in [-0.2, -0.15) is 0 Å².